The lowest BCUT2D eigenvalue weighted by Crippen LogP contribution is -2.12. The Morgan fingerprint density at radius 2 is 2.10 bits per heavy atom. The molecule has 0 spiro atoms. The summed E-state index contributed by atoms with van der Waals surface area (Å²) >= 11 is 15.6. The molecule has 4 nitrogen and oxygen atoms in total. The molecule has 0 saturated heterocycles. The zero-order valence-corrected chi connectivity index (χ0v) is 14.9. The Morgan fingerprint density at radius 3 is 2.76 bits per heavy atom. The molecule has 0 saturated carbocycles. The Kier molecular flexibility index (Phi) is 5.90. The summed E-state index contributed by atoms with van der Waals surface area (Å²) in [5, 5.41) is 5.90. The molecule has 0 N–H and O–H groups in total. The van der Waals surface area contributed by atoms with Crippen LogP contribution in [0.4, 0.5) is 0 Å². The molecule has 0 bridgehead atoms. The van der Waals surface area contributed by atoms with Crippen LogP contribution < -0.4 is 4.74 Å². The third-order valence-corrected chi connectivity index (χ3v) is 3.91. The number of alkyl halides is 1. The van der Waals surface area contributed by atoms with Gasteiger partial charge in [0.1, 0.15) is 18.7 Å². The van der Waals surface area contributed by atoms with Gasteiger partial charge in [0.2, 0.25) is 0 Å². The SMILES string of the molecule is CC(C)Cn1ncnc1COc1c(Cl)cc(Cl)cc1CBr. The van der Waals surface area contributed by atoms with E-state index in [2.05, 4.69) is 39.9 Å². The van der Waals surface area contributed by atoms with E-state index in [1.54, 1.807) is 6.07 Å². The van der Waals surface area contributed by atoms with Gasteiger partial charge in [-0.2, -0.15) is 5.10 Å². The molecule has 0 aliphatic heterocycles. The van der Waals surface area contributed by atoms with Crippen molar-refractivity contribution in [3.05, 3.63) is 39.9 Å². The van der Waals surface area contributed by atoms with E-state index in [-0.39, 0.29) is 0 Å². The number of aromatic nitrogens is 3. The second-order valence-corrected chi connectivity index (χ2v) is 6.45. The molecule has 2 rings (SSSR count). The zero-order chi connectivity index (χ0) is 15.4. The van der Waals surface area contributed by atoms with Gasteiger partial charge in [0.25, 0.3) is 0 Å². The molecule has 2 aromatic rings. The van der Waals surface area contributed by atoms with E-state index in [0.29, 0.717) is 33.6 Å². The lowest BCUT2D eigenvalue weighted by molar-refractivity contribution is 0.281. The Balaban J connectivity index is 2.15. The van der Waals surface area contributed by atoms with Crippen molar-refractivity contribution in [3.8, 4) is 5.75 Å². The predicted molar refractivity (Wildman–Crippen MR) is 88.3 cm³/mol. The molecule has 0 aliphatic carbocycles. The summed E-state index contributed by atoms with van der Waals surface area (Å²) in [5.74, 6) is 1.88. The van der Waals surface area contributed by atoms with Gasteiger partial charge in [-0.25, -0.2) is 9.67 Å². The molecule has 0 radical (unpaired) electrons. The topological polar surface area (TPSA) is 39.9 Å². The Labute approximate surface area is 142 Å². The summed E-state index contributed by atoms with van der Waals surface area (Å²) in [6.07, 6.45) is 1.54. The zero-order valence-electron chi connectivity index (χ0n) is 11.8. The van der Waals surface area contributed by atoms with Gasteiger partial charge in [-0.15, -0.1) is 0 Å². The lowest BCUT2D eigenvalue weighted by atomic mass is 10.2. The van der Waals surface area contributed by atoms with Crippen molar-refractivity contribution in [3.63, 3.8) is 0 Å². The highest BCUT2D eigenvalue weighted by molar-refractivity contribution is 9.08. The van der Waals surface area contributed by atoms with Crippen LogP contribution >= 0.6 is 39.1 Å². The molecule has 114 valence electrons. The molecule has 1 heterocycles. The van der Waals surface area contributed by atoms with E-state index in [4.69, 9.17) is 27.9 Å². The van der Waals surface area contributed by atoms with Gasteiger partial charge in [-0.05, 0) is 18.1 Å². The number of nitrogens with zero attached hydrogens (tertiary/aromatic N) is 3. The van der Waals surface area contributed by atoms with Gasteiger partial charge in [-0.1, -0.05) is 53.0 Å². The van der Waals surface area contributed by atoms with Gasteiger partial charge in [0, 0.05) is 22.5 Å². The average molecular weight is 393 g/mol. The Morgan fingerprint density at radius 1 is 1.33 bits per heavy atom. The fraction of sp³-hybridized carbons (Fsp3) is 0.429. The van der Waals surface area contributed by atoms with Gasteiger partial charge in [0.05, 0.1) is 5.02 Å². The standard InChI is InChI=1S/C14H16BrCl2N3O/c1-9(2)6-20-13(18-8-19-20)7-21-14-10(5-15)3-11(16)4-12(14)17/h3-4,8-9H,5-7H2,1-2H3. The molecule has 0 fully saturated rings. The van der Waals surface area contributed by atoms with E-state index < -0.39 is 0 Å². The number of halogens is 3. The van der Waals surface area contributed by atoms with E-state index in [0.717, 1.165) is 17.9 Å². The summed E-state index contributed by atoms with van der Waals surface area (Å²) in [6, 6.07) is 3.50. The number of ether oxygens (including phenoxy) is 1. The number of hydrogen-bond acceptors (Lipinski definition) is 3. The molecule has 0 unspecified atom stereocenters. The van der Waals surface area contributed by atoms with Crippen LogP contribution in [0.25, 0.3) is 0 Å². The van der Waals surface area contributed by atoms with Gasteiger partial charge >= 0.3 is 0 Å². The second-order valence-electron chi connectivity index (χ2n) is 5.05. The summed E-state index contributed by atoms with van der Waals surface area (Å²) in [4.78, 5) is 4.23. The molecule has 0 aliphatic rings. The summed E-state index contributed by atoms with van der Waals surface area (Å²) in [6.45, 7) is 5.38. The maximum absolute atomic E-state index is 6.20. The molecule has 0 atom stereocenters. The summed E-state index contributed by atoms with van der Waals surface area (Å²) in [7, 11) is 0. The van der Waals surface area contributed by atoms with Gasteiger partial charge in [-0.3, -0.25) is 0 Å². The number of hydrogen-bond donors (Lipinski definition) is 0. The van der Waals surface area contributed by atoms with Crippen molar-refractivity contribution in [2.24, 2.45) is 5.92 Å². The highest BCUT2D eigenvalue weighted by Gasteiger charge is 2.13. The summed E-state index contributed by atoms with van der Waals surface area (Å²) < 4.78 is 7.69. The van der Waals surface area contributed by atoms with Crippen molar-refractivity contribution in [2.45, 2.75) is 32.3 Å². The first-order chi connectivity index (χ1) is 10.0. The maximum atomic E-state index is 6.20. The Hall–Kier alpha value is -0.780. The largest absolute Gasteiger partial charge is 0.484 e. The number of benzene rings is 1. The first kappa shape index (κ1) is 16.6. The minimum Gasteiger partial charge on any atom is -0.484 e. The first-order valence-corrected chi connectivity index (χ1v) is 8.42. The fourth-order valence-corrected chi connectivity index (χ4v) is 2.92. The Bertz CT molecular complexity index is 616. The molecular formula is C14H16BrCl2N3O. The molecule has 0 amide bonds. The van der Waals surface area contributed by atoms with E-state index >= 15 is 0 Å². The molecular weight excluding hydrogens is 377 g/mol. The first-order valence-electron chi connectivity index (χ1n) is 6.54. The summed E-state index contributed by atoms with van der Waals surface area (Å²) in [5.41, 5.74) is 0.905. The van der Waals surface area contributed by atoms with Crippen molar-refractivity contribution >= 4 is 39.1 Å². The van der Waals surface area contributed by atoms with Crippen LogP contribution in [0.2, 0.25) is 10.0 Å². The van der Waals surface area contributed by atoms with Crippen molar-refractivity contribution in [1.29, 1.82) is 0 Å². The van der Waals surface area contributed by atoms with Crippen LogP contribution in [-0.4, -0.2) is 14.8 Å². The smallest absolute Gasteiger partial charge is 0.164 e. The minimum absolute atomic E-state index is 0.314. The molecule has 1 aromatic carbocycles. The predicted octanol–water partition coefficient (Wildman–Crippen LogP) is 4.71. The van der Waals surface area contributed by atoms with Crippen LogP contribution in [0.3, 0.4) is 0 Å². The van der Waals surface area contributed by atoms with Crippen LogP contribution in [0, 0.1) is 5.92 Å². The third kappa shape index (κ3) is 4.34. The third-order valence-electron chi connectivity index (χ3n) is 2.81. The highest BCUT2D eigenvalue weighted by Crippen LogP contribution is 2.34. The van der Waals surface area contributed by atoms with Crippen molar-refractivity contribution < 1.29 is 4.74 Å². The quantitative estimate of drug-likeness (QED) is 0.668. The van der Waals surface area contributed by atoms with E-state index in [9.17, 15) is 0 Å². The van der Waals surface area contributed by atoms with Crippen molar-refractivity contribution in [2.75, 3.05) is 0 Å². The van der Waals surface area contributed by atoms with Crippen LogP contribution in [0.1, 0.15) is 25.2 Å². The number of rotatable bonds is 6. The molecule has 7 heteroatoms. The monoisotopic (exact) mass is 391 g/mol. The molecule has 21 heavy (non-hydrogen) atoms. The maximum Gasteiger partial charge on any atom is 0.164 e. The normalized spacial score (nSPS) is 11.1. The molecule has 1 aromatic heterocycles. The van der Waals surface area contributed by atoms with Crippen LogP contribution in [0.5, 0.6) is 5.75 Å². The van der Waals surface area contributed by atoms with Gasteiger partial charge in [0.15, 0.2) is 5.82 Å². The van der Waals surface area contributed by atoms with Crippen molar-refractivity contribution in [1.82, 2.24) is 14.8 Å². The van der Waals surface area contributed by atoms with Crippen LogP contribution in [-0.2, 0) is 18.5 Å². The van der Waals surface area contributed by atoms with Crippen LogP contribution in [0.15, 0.2) is 18.5 Å². The minimum atomic E-state index is 0.314. The average Bonchev–Trinajstić information content (AvgIpc) is 2.83. The highest BCUT2D eigenvalue weighted by atomic mass is 79.9. The second kappa shape index (κ2) is 7.47. The fourth-order valence-electron chi connectivity index (χ4n) is 1.91. The van der Waals surface area contributed by atoms with E-state index in [1.165, 1.54) is 6.33 Å². The van der Waals surface area contributed by atoms with E-state index in [1.807, 2.05) is 10.7 Å². The lowest BCUT2D eigenvalue weighted by Gasteiger charge is -2.13. The van der Waals surface area contributed by atoms with Gasteiger partial charge < -0.3 is 4.74 Å².